The van der Waals surface area contributed by atoms with Gasteiger partial charge >= 0.3 is 0 Å². The molecule has 0 saturated heterocycles. The van der Waals surface area contributed by atoms with Crippen LogP contribution in [0, 0.1) is 12.7 Å². The van der Waals surface area contributed by atoms with Crippen LogP contribution in [-0.2, 0) is 6.54 Å². The SMILES string of the molecule is C=CCOc1ccccc1CNc1cccc(F)c1C. The van der Waals surface area contributed by atoms with Crippen molar-refractivity contribution in [3.05, 3.63) is 72.1 Å². The molecule has 0 bridgehead atoms. The van der Waals surface area contributed by atoms with Gasteiger partial charge in [-0.15, -0.1) is 0 Å². The fourth-order valence-corrected chi connectivity index (χ4v) is 1.93. The summed E-state index contributed by atoms with van der Waals surface area (Å²) in [5.41, 5.74) is 2.44. The third kappa shape index (κ3) is 3.38. The first kappa shape index (κ1) is 14.1. The number of ether oxygens (including phenoxy) is 1. The predicted molar refractivity (Wildman–Crippen MR) is 80.6 cm³/mol. The lowest BCUT2D eigenvalue weighted by molar-refractivity contribution is 0.359. The highest BCUT2D eigenvalue weighted by atomic mass is 19.1. The summed E-state index contributed by atoms with van der Waals surface area (Å²) in [5.74, 6) is 0.611. The number of para-hydroxylation sites is 1. The monoisotopic (exact) mass is 271 g/mol. The molecule has 0 spiro atoms. The van der Waals surface area contributed by atoms with Gasteiger partial charge in [-0.05, 0) is 25.1 Å². The minimum absolute atomic E-state index is 0.203. The molecule has 0 aliphatic carbocycles. The van der Waals surface area contributed by atoms with E-state index in [0.717, 1.165) is 17.0 Å². The summed E-state index contributed by atoms with van der Waals surface area (Å²) in [6.07, 6.45) is 1.71. The van der Waals surface area contributed by atoms with Crippen molar-refractivity contribution in [3.8, 4) is 5.75 Å². The molecule has 0 saturated carbocycles. The van der Waals surface area contributed by atoms with E-state index in [-0.39, 0.29) is 5.82 Å². The number of rotatable bonds is 6. The van der Waals surface area contributed by atoms with Gasteiger partial charge in [0.25, 0.3) is 0 Å². The molecule has 0 unspecified atom stereocenters. The van der Waals surface area contributed by atoms with E-state index < -0.39 is 0 Å². The molecule has 20 heavy (non-hydrogen) atoms. The van der Waals surface area contributed by atoms with Gasteiger partial charge in [0.2, 0.25) is 0 Å². The van der Waals surface area contributed by atoms with Gasteiger partial charge in [0.1, 0.15) is 18.2 Å². The van der Waals surface area contributed by atoms with Gasteiger partial charge in [0, 0.05) is 23.4 Å². The van der Waals surface area contributed by atoms with Crippen molar-refractivity contribution in [1.29, 1.82) is 0 Å². The average Bonchev–Trinajstić information content (AvgIpc) is 2.47. The van der Waals surface area contributed by atoms with Crippen molar-refractivity contribution >= 4 is 5.69 Å². The maximum Gasteiger partial charge on any atom is 0.128 e. The predicted octanol–water partition coefficient (Wildman–Crippen LogP) is 4.31. The largest absolute Gasteiger partial charge is 0.489 e. The Balaban J connectivity index is 2.10. The normalized spacial score (nSPS) is 10.1. The molecule has 2 nitrogen and oxygen atoms in total. The number of benzene rings is 2. The van der Waals surface area contributed by atoms with Gasteiger partial charge < -0.3 is 10.1 Å². The van der Waals surface area contributed by atoms with Crippen LogP contribution in [0.15, 0.2) is 55.1 Å². The average molecular weight is 271 g/mol. The molecular formula is C17H18FNO. The van der Waals surface area contributed by atoms with Crippen molar-refractivity contribution in [2.45, 2.75) is 13.5 Å². The number of anilines is 1. The van der Waals surface area contributed by atoms with E-state index in [9.17, 15) is 4.39 Å². The van der Waals surface area contributed by atoms with Crippen LogP contribution < -0.4 is 10.1 Å². The van der Waals surface area contributed by atoms with Crippen LogP contribution in [0.2, 0.25) is 0 Å². The molecule has 0 aliphatic rings. The van der Waals surface area contributed by atoms with Gasteiger partial charge in [-0.3, -0.25) is 0 Å². The fourth-order valence-electron chi connectivity index (χ4n) is 1.93. The summed E-state index contributed by atoms with van der Waals surface area (Å²) in [6, 6.07) is 12.8. The second-order valence-electron chi connectivity index (χ2n) is 4.47. The molecule has 104 valence electrons. The third-order valence-corrected chi connectivity index (χ3v) is 3.07. The lowest BCUT2D eigenvalue weighted by Crippen LogP contribution is -2.05. The van der Waals surface area contributed by atoms with Gasteiger partial charge in [0.05, 0.1) is 0 Å². The van der Waals surface area contributed by atoms with Crippen LogP contribution in [0.5, 0.6) is 5.75 Å². The maximum atomic E-state index is 13.5. The molecule has 2 aromatic rings. The Morgan fingerprint density at radius 1 is 1.20 bits per heavy atom. The van der Waals surface area contributed by atoms with Gasteiger partial charge in [-0.1, -0.05) is 36.9 Å². The van der Waals surface area contributed by atoms with E-state index in [2.05, 4.69) is 11.9 Å². The lowest BCUT2D eigenvalue weighted by atomic mass is 10.1. The van der Waals surface area contributed by atoms with Crippen LogP contribution in [0.1, 0.15) is 11.1 Å². The van der Waals surface area contributed by atoms with Crippen LogP contribution in [-0.4, -0.2) is 6.61 Å². The summed E-state index contributed by atoms with van der Waals surface area (Å²) in [6.45, 7) is 6.45. The first-order valence-corrected chi connectivity index (χ1v) is 6.53. The van der Waals surface area contributed by atoms with Crippen molar-refractivity contribution in [3.63, 3.8) is 0 Å². The van der Waals surface area contributed by atoms with Crippen LogP contribution in [0.4, 0.5) is 10.1 Å². The highest BCUT2D eigenvalue weighted by Crippen LogP contribution is 2.22. The summed E-state index contributed by atoms with van der Waals surface area (Å²) >= 11 is 0. The third-order valence-electron chi connectivity index (χ3n) is 3.07. The molecular weight excluding hydrogens is 253 g/mol. The summed E-state index contributed by atoms with van der Waals surface area (Å²) in [5, 5.41) is 3.24. The minimum atomic E-state index is -0.203. The highest BCUT2D eigenvalue weighted by Gasteiger charge is 2.05. The second kappa shape index (κ2) is 6.75. The van der Waals surface area contributed by atoms with Crippen LogP contribution in [0.25, 0.3) is 0 Å². The highest BCUT2D eigenvalue weighted by molar-refractivity contribution is 5.52. The molecule has 0 fully saturated rings. The summed E-state index contributed by atoms with van der Waals surface area (Å²) < 4.78 is 19.1. The quantitative estimate of drug-likeness (QED) is 0.790. The van der Waals surface area contributed by atoms with Crippen molar-refractivity contribution < 1.29 is 9.13 Å². The number of hydrogen-bond acceptors (Lipinski definition) is 2. The van der Waals surface area contributed by atoms with E-state index in [4.69, 9.17) is 4.74 Å². The first-order valence-electron chi connectivity index (χ1n) is 6.53. The van der Waals surface area contributed by atoms with Crippen molar-refractivity contribution in [1.82, 2.24) is 0 Å². The molecule has 0 radical (unpaired) electrons. The van der Waals surface area contributed by atoms with E-state index in [1.54, 1.807) is 19.1 Å². The molecule has 0 aliphatic heterocycles. The number of hydrogen-bond donors (Lipinski definition) is 1. The van der Waals surface area contributed by atoms with Gasteiger partial charge in [0.15, 0.2) is 0 Å². The second-order valence-corrected chi connectivity index (χ2v) is 4.47. The van der Waals surface area contributed by atoms with Crippen molar-refractivity contribution in [2.75, 3.05) is 11.9 Å². The Labute approximate surface area is 118 Å². The molecule has 0 aromatic heterocycles. The van der Waals surface area contributed by atoms with Crippen LogP contribution in [0.3, 0.4) is 0 Å². The standard InChI is InChI=1S/C17H18FNO/c1-3-11-20-17-10-5-4-7-14(17)12-19-16-9-6-8-15(18)13(16)2/h3-10,19H,1,11-12H2,2H3. The summed E-state index contributed by atoms with van der Waals surface area (Å²) in [4.78, 5) is 0. The molecule has 3 heteroatoms. The Bertz CT molecular complexity index is 595. The van der Waals surface area contributed by atoms with Gasteiger partial charge in [-0.2, -0.15) is 0 Å². The Kier molecular flexibility index (Phi) is 4.77. The molecule has 0 amide bonds. The zero-order chi connectivity index (χ0) is 14.4. The summed E-state index contributed by atoms with van der Waals surface area (Å²) in [7, 11) is 0. The molecule has 0 heterocycles. The smallest absolute Gasteiger partial charge is 0.128 e. The first-order chi connectivity index (χ1) is 9.72. The topological polar surface area (TPSA) is 21.3 Å². The Morgan fingerprint density at radius 3 is 2.80 bits per heavy atom. The van der Waals surface area contributed by atoms with E-state index >= 15 is 0 Å². The van der Waals surface area contributed by atoms with Crippen molar-refractivity contribution in [2.24, 2.45) is 0 Å². The Hall–Kier alpha value is -2.29. The van der Waals surface area contributed by atoms with E-state index in [1.165, 1.54) is 6.07 Å². The van der Waals surface area contributed by atoms with E-state index in [0.29, 0.717) is 18.7 Å². The molecule has 2 rings (SSSR count). The molecule has 1 N–H and O–H groups in total. The zero-order valence-electron chi connectivity index (χ0n) is 11.5. The van der Waals surface area contributed by atoms with Crippen LogP contribution >= 0.6 is 0 Å². The fraction of sp³-hybridized carbons (Fsp3) is 0.176. The molecule has 2 aromatic carbocycles. The van der Waals surface area contributed by atoms with Gasteiger partial charge in [-0.25, -0.2) is 4.39 Å². The maximum absolute atomic E-state index is 13.5. The van der Waals surface area contributed by atoms with E-state index in [1.807, 2.05) is 30.3 Å². The zero-order valence-corrected chi connectivity index (χ0v) is 11.5. The lowest BCUT2D eigenvalue weighted by Gasteiger charge is -2.13. The Morgan fingerprint density at radius 2 is 2.00 bits per heavy atom. The molecule has 0 atom stereocenters. The minimum Gasteiger partial charge on any atom is -0.489 e. The number of nitrogens with one attached hydrogen (secondary N) is 1. The number of halogens is 1.